The van der Waals surface area contributed by atoms with Gasteiger partial charge in [0.2, 0.25) is 0 Å². The van der Waals surface area contributed by atoms with E-state index in [9.17, 15) is 0 Å². The van der Waals surface area contributed by atoms with Gasteiger partial charge in [-0.05, 0) is 18.2 Å². The van der Waals surface area contributed by atoms with Gasteiger partial charge in [0.25, 0.3) is 0 Å². The zero-order valence-corrected chi connectivity index (χ0v) is 10.4. The highest BCUT2D eigenvalue weighted by atomic mass is 32.1. The summed E-state index contributed by atoms with van der Waals surface area (Å²) < 4.78 is 11.0. The normalized spacial score (nSPS) is 10.0. The SMILES string of the molecule is COc1ccc(-c2cc(=S)nc[nH]2)c(OC)c1. The predicted molar refractivity (Wildman–Crippen MR) is 68.0 cm³/mol. The molecule has 0 atom stereocenters. The highest BCUT2D eigenvalue weighted by Crippen LogP contribution is 2.31. The molecule has 0 fully saturated rings. The van der Waals surface area contributed by atoms with Gasteiger partial charge in [-0.1, -0.05) is 12.2 Å². The highest BCUT2D eigenvalue weighted by molar-refractivity contribution is 7.71. The van der Waals surface area contributed by atoms with Crippen molar-refractivity contribution in [2.45, 2.75) is 0 Å². The summed E-state index contributed by atoms with van der Waals surface area (Å²) in [5.74, 6) is 1.47. The first-order valence-electron chi connectivity index (χ1n) is 5.01. The lowest BCUT2D eigenvalue weighted by molar-refractivity contribution is 0.395. The largest absolute Gasteiger partial charge is 0.497 e. The molecular formula is C12H12N2O2S. The van der Waals surface area contributed by atoms with Crippen LogP contribution in [0.2, 0.25) is 0 Å². The minimum absolute atomic E-state index is 0.539. The van der Waals surface area contributed by atoms with Crippen LogP contribution in [0.15, 0.2) is 30.6 Å². The Balaban J connectivity index is 2.55. The maximum absolute atomic E-state index is 5.33. The summed E-state index contributed by atoms with van der Waals surface area (Å²) in [6.45, 7) is 0. The summed E-state index contributed by atoms with van der Waals surface area (Å²) in [5.41, 5.74) is 1.78. The highest BCUT2D eigenvalue weighted by Gasteiger charge is 2.07. The molecule has 0 aliphatic carbocycles. The molecule has 0 spiro atoms. The Bertz CT molecular complexity index is 581. The summed E-state index contributed by atoms with van der Waals surface area (Å²) in [6, 6.07) is 7.40. The summed E-state index contributed by atoms with van der Waals surface area (Å²) >= 11 is 5.03. The van der Waals surface area contributed by atoms with Crippen LogP contribution >= 0.6 is 12.2 Å². The summed E-state index contributed by atoms with van der Waals surface area (Å²) in [4.78, 5) is 6.99. The van der Waals surface area contributed by atoms with E-state index < -0.39 is 0 Å². The standard InChI is InChI=1S/C12H12N2O2S/c1-15-8-3-4-9(11(5-8)16-2)10-6-12(17)14-7-13-10/h3-7H,1-2H3,(H,13,14,17). The first-order valence-corrected chi connectivity index (χ1v) is 5.42. The molecule has 5 heteroatoms. The lowest BCUT2D eigenvalue weighted by Gasteiger charge is -2.10. The maximum Gasteiger partial charge on any atom is 0.131 e. The Kier molecular flexibility index (Phi) is 3.39. The molecule has 0 aliphatic rings. The van der Waals surface area contributed by atoms with Gasteiger partial charge in [0.15, 0.2) is 0 Å². The number of nitrogens with one attached hydrogen (secondary N) is 1. The molecule has 1 aromatic carbocycles. The van der Waals surface area contributed by atoms with Crippen LogP contribution < -0.4 is 9.47 Å². The Labute approximate surface area is 104 Å². The maximum atomic E-state index is 5.33. The number of aromatic amines is 1. The first kappa shape index (κ1) is 11.6. The minimum atomic E-state index is 0.539. The van der Waals surface area contributed by atoms with Crippen LogP contribution in [0.1, 0.15) is 0 Å². The Morgan fingerprint density at radius 3 is 2.65 bits per heavy atom. The molecule has 88 valence electrons. The van der Waals surface area contributed by atoms with Gasteiger partial charge in [-0.15, -0.1) is 0 Å². The number of hydrogen-bond acceptors (Lipinski definition) is 4. The average molecular weight is 248 g/mol. The van der Waals surface area contributed by atoms with Crippen molar-refractivity contribution in [1.29, 1.82) is 0 Å². The molecule has 0 aliphatic heterocycles. The molecule has 4 nitrogen and oxygen atoms in total. The fourth-order valence-corrected chi connectivity index (χ4v) is 1.71. The number of H-pyrrole nitrogens is 1. The number of aromatic nitrogens is 2. The number of benzene rings is 1. The van der Waals surface area contributed by atoms with Crippen molar-refractivity contribution in [3.63, 3.8) is 0 Å². The summed E-state index contributed by atoms with van der Waals surface area (Å²) in [5, 5.41) is 0. The smallest absolute Gasteiger partial charge is 0.131 e. The zero-order valence-electron chi connectivity index (χ0n) is 9.56. The molecule has 17 heavy (non-hydrogen) atoms. The second-order valence-electron chi connectivity index (χ2n) is 3.37. The third-order valence-electron chi connectivity index (χ3n) is 2.38. The molecule has 2 aromatic rings. The summed E-state index contributed by atoms with van der Waals surface area (Å²) in [6.07, 6.45) is 1.57. The van der Waals surface area contributed by atoms with E-state index in [2.05, 4.69) is 9.97 Å². The number of ether oxygens (including phenoxy) is 2. The fraction of sp³-hybridized carbons (Fsp3) is 0.167. The lowest BCUT2D eigenvalue weighted by Crippen LogP contribution is -1.92. The van der Waals surface area contributed by atoms with E-state index in [4.69, 9.17) is 21.7 Å². The Hall–Kier alpha value is -1.88. The van der Waals surface area contributed by atoms with Crippen molar-refractivity contribution in [2.75, 3.05) is 14.2 Å². The second-order valence-corrected chi connectivity index (χ2v) is 3.78. The van der Waals surface area contributed by atoms with Crippen molar-refractivity contribution < 1.29 is 9.47 Å². The summed E-state index contributed by atoms with van der Waals surface area (Å²) in [7, 11) is 3.24. The molecule has 0 amide bonds. The molecule has 2 rings (SSSR count). The number of methoxy groups -OCH3 is 2. The van der Waals surface area contributed by atoms with Crippen LogP contribution in [-0.2, 0) is 0 Å². The van der Waals surface area contributed by atoms with E-state index in [0.29, 0.717) is 4.64 Å². The molecule has 0 unspecified atom stereocenters. The van der Waals surface area contributed by atoms with Gasteiger partial charge in [0, 0.05) is 11.6 Å². The average Bonchev–Trinajstić information content (AvgIpc) is 2.38. The van der Waals surface area contributed by atoms with Crippen LogP contribution in [0.4, 0.5) is 0 Å². The van der Waals surface area contributed by atoms with Crippen LogP contribution in [0.25, 0.3) is 11.3 Å². The molecular weight excluding hydrogens is 236 g/mol. The first-order chi connectivity index (χ1) is 8.24. The molecule has 1 aromatic heterocycles. The van der Waals surface area contributed by atoms with Crippen LogP contribution in [0, 0.1) is 4.64 Å². The minimum Gasteiger partial charge on any atom is -0.497 e. The van der Waals surface area contributed by atoms with E-state index >= 15 is 0 Å². The molecule has 0 bridgehead atoms. The van der Waals surface area contributed by atoms with Crippen LogP contribution in [0.3, 0.4) is 0 Å². The van der Waals surface area contributed by atoms with Gasteiger partial charge < -0.3 is 14.5 Å². The van der Waals surface area contributed by atoms with Gasteiger partial charge >= 0.3 is 0 Å². The monoisotopic (exact) mass is 248 g/mol. The third-order valence-corrected chi connectivity index (χ3v) is 2.60. The number of hydrogen-bond donors (Lipinski definition) is 1. The van der Waals surface area contributed by atoms with Crippen molar-refractivity contribution in [3.8, 4) is 22.8 Å². The quantitative estimate of drug-likeness (QED) is 0.848. The number of rotatable bonds is 3. The van der Waals surface area contributed by atoms with E-state index in [1.54, 1.807) is 26.6 Å². The molecule has 0 saturated carbocycles. The van der Waals surface area contributed by atoms with Crippen LogP contribution in [-0.4, -0.2) is 24.2 Å². The van der Waals surface area contributed by atoms with E-state index in [0.717, 1.165) is 22.8 Å². The van der Waals surface area contributed by atoms with Crippen molar-refractivity contribution in [1.82, 2.24) is 9.97 Å². The topological polar surface area (TPSA) is 47.1 Å². The second kappa shape index (κ2) is 4.97. The van der Waals surface area contributed by atoms with E-state index in [1.807, 2.05) is 18.2 Å². The van der Waals surface area contributed by atoms with Gasteiger partial charge in [0.1, 0.15) is 16.1 Å². The molecule has 0 saturated heterocycles. The van der Waals surface area contributed by atoms with Crippen molar-refractivity contribution in [3.05, 3.63) is 35.2 Å². The fourth-order valence-electron chi connectivity index (χ4n) is 1.54. The van der Waals surface area contributed by atoms with E-state index in [1.165, 1.54) is 0 Å². The lowest BCUT2D eigenvalue weighted by atomic mass is 10.1. The zero-order chi connectivity index (χ0) is 12.3. The van der Waals surface area contributed by atoms with Crippen molar-refractivity contribution in [2.24, 2.45) is 0 Å². The third kappa shape index (κ3) is 2.45. The molecule has 1 N–H and O–H groups in total. The van der Waals surface area contributed by atoms with Crippen molar-refractivity contribution >= 4 is 12.2 Å². The van der Waals surface area contributed by atoms with E-state index in [-0.39, 0.29) is 0 Å². The van der Waals surface area contributed by atoms with Crippen LogP contribution in [0.5, 0.6) is 11.5 Å². The Morgan fingerprint density at radius 1 is 1.18 bits per heavy atom. The predicted octanol–water partition coefficient (Wildman–Crippen LogP) is 2.82. The van der Waals surface area contributed by atoms with Gasteiger partial charge in [0.05, 0.1) is 26.2 Å². The molecule has 0 radical (unpaired) electrons. The molecule has 1 heterocycles. The van der Waals surface area contributed by atoms with Gasteiger partial charge in [-0.3, -0.25) is 0 Å². The van der Waals surface area contributed by atoms with Gasteiger partial charge in [-0.2, -0.15) is 0 Å². The van der Waals surface area contributed by atoms with Gasteiger partial charge in [-0.25, -0.2) is 4.98 Å². The Morgan fingerprint density at radius 2 is 2.00 bits per heavy atom. The number of nitrogens with zero attached hydrogens (tertiary/aromatic N) is 1.